The first-order chi connectivity index (χ1) is 7.49. The monoisotopic (exact) mass is 226 g/mol. The Balaban J connectivity index is 2.75. The second-order valence-electron chi connectivity index (χ2n) is 3.47. The fourth-order valence-corrected chi connectivity index (χ4v) is 1.41. The number of hydrogen-bond acceptors (Lipinski definition) is 2. The van der Waals surface area contributed by atoms with Crippen LogP contribution in [0.25, 0.3) is 0 Å². The summed E-state index contributed by atoms with van der Waals surface area (Å²) in [6.45, 7) is 0. The van der Waals surface area contributed by atoms with E-state index in [1.807, 2.05) is 0 Å². The number of aliphatic carboxylic acids is 2. The Hall–Kier alpha value is -1.91. The predicted molar refractivity (Wildman–Crippen MR) is 53.5 cm³/mol. The van der Waals surface area contributed by atoms with Gasteiger partial charge in [-0.2, -0.15) is 0 Å². The topological polar surface area (TPSA) is 74.6 Å². The van der Waals surface area contributed by atoms with Gasteiger partial charge < -0.3 is 10.2 Å². The first kappa shape index (κ1) is 12.2. The number of benzene rings is 1. The number of carboxylic acids is 2. The van der Waals surface area contributed by atoms with Crippen LogP contribution in [-0.2, 0) is 16.0 Å². The molecule has 1 aromatic rings. The van der Waals surface area contributed by atoms with Crippen LogP contribution in [0.4, 0.5) is 4.39 Å². The van der Waals surface area contributed by atoms with Crippen molar-refractivity contribution in [1.82, 2.24) is 0 Å². The summed E-state index contributed by atoms with van der Waals surface area (Å²) in [6, 6.07) is 5.49. The summed E-state index contributed by atoms with van der Waals surface area (Å²) >= 11 is 0. The van der Waals surface area contributed by atoms with E-state index in [4.69, 9.17) is 10.2 Å². The average Bonchev–Trinajstić information content (AvgIpc) is 2.15. The smallest absolute Gasteiger partial charge is 0.307 e. The zero-order valence-electron chi connectivity index (χ0n) is 8.39. The van der Waals surface area contributed by atoms with Gasteiger partial charge in [-0.3, -0.25) is 9.59 Å². The lowest BCUT2D eigenvalue weighted by Gasteiger charge is -2.09. The molecule has 1 atom stereocenters. The zero-order chi connectivity index (χ0) is 12.1. The molecule has 0 heterocycles. The lowest BCUT2D eigenvalue weighted by molar-refractivity contribution is -0.148. The lowest BCUT2D eigenvalue weighted by atomic mass is 9.96. The van der Waals surface area contributed by atoms with Gasteiger partial charge in [0.15, 0.2) is 0 Å². The van der Waals surface area contributed by atoms with Crippen LogP contribution in [-0.4, -0.2) is 22.2 Å². The Labute approximate surface area is 91.3 Å². The summed E-state index contributed by atoms with van der Waals surface area (Å²) < 4.78 is 12.8. The van der Waals surface area contributed by atoms with Crippen LogP contribution in [0.5, 0.6) is 0 Å². The van der Waals surface area contributed by atoms with Crippen molar-refractivity contribution in [3.63, 3.8) is 0 Å². The van der Waals surface area contributed by atoms with Gasteiger partial charge >= 0.3 is 11.9 Å². The van der Waals surface area contributed by atoms with Crippen LogP contribution in [0.1, 0.15) is 12.0 Å². The highest BCUT2D eigenvalue weighted by atomic mass is 19.1. The van der Waals surface area contributed by atoms with E-state index in [0.717, 1.165) is 0 Å². The summed E-state index contributed by atoms with van der Waals surface area (Å²) in [5.74, 6) is -3.85. The van der Waals surface area contributed by atoms with Crippen molar-refractivity contribution in [2.75, 3.05) is 0 Å². The van der Waals surface area contributed by atoms with Crippen molar-refractivity contribution in [3.8, 4) is 0 Å². The van der Waals surface area contributed by atoms with Gasteiger partial charge in [-0.25, -0.2) is 4.39 Å². The van der Waals surface area contributed by atoms with Crippen LogP contribution >= 0.6 is 0 Å². The Morgan fingerprint density at radius 1 is 1.31 bits per heavy atom. The second-order valence-corrected chi connectivity index (χ2v) is 3.47. The summed E-state index contributed by atoms with van der Waals surface area (Å²) in [6.07, 6.45) is -0.453. The summed E-state index contributed by atoms with van der Waals surface area (Å²) in [7, 11) is 0. The number of halogens is 1. The molecule has 0 aliphatic rings. The van der Waals surface area contributed by atoms with E-state index in [1.54, 1.807) is 6.07 Å². The molecule has 0 fully saturated rings. The van der Waals surface area contributed by atoms with Crippen molar-refractivity contribution in [2.45, 2.75) is 12.8 Å². The van der Waals surface area contributed by atoms with Gasteiger partial charge in [0, 0.05) is 0 Å². The number of carboxylic acid groups (broad SMARTS) is 2. The van der Waals surface area contributed by atoms with Gasteiger partial charge in [-0.1, -0.05) is 12.1 Å². The third-order valence-corrected chi connectivity index (χ3v) is 2.14. The second kappa shape index (κ2) is 5.25. The summed E-state index contributed by atoms with van der Waals surface area (Å²) in [5, 5.41) is 17.3. The minimum Gasteiger partial charge on any atom is -0.481 e. The maximum Gasteiger partial charge on any atom is 0.307 e. The Morgan fingerprint density at radius 2 is 2.00 bits per heavy atom. The molecule has 0 aliphatic carbocycles. The zero-order valence-corrected chi connectivity index (χ0v) is 8.39. The average molecular weight is 226 g/mol. The highest BCUT2D eigenvalue weighted by molar-refractivity contribution is 5.77. The highest BCUT2D eigenvalue weighted by Crippen LogP contribution is 2.14. The molecule has 0 aromatic heterocycles. The fourth-order valence-electron chi connectivity index (χ4n) is 1.41. The van der Waals surface area contributed by atoms with Crippen LogP contribution in [0.2, 0.25) is 0 Å². The minimum absolute atomic E-state index is 0.0133. The molecular weight excluding hydrogens is 215 g/mol. The standard InChI is InChI=1S/C11H11FO4/c12-9-3-1-2-7(5-9)4-8(11(15)16)6-10(13)14/h1-3,5,8H,4,6H2,(H,13,14)(H,15,16)/t8-/m1/s1. The van der Waals surface area contributed by atoms with E-state index in [0.29, 0.717) is 5.56 Å². The molecule has 16 heavy (non-hydrogen) atoms. The van der Waals surface area contributed by atoms with Crippen molar-refractivity contribution < 1.29 is 24.2 Å². The lowest BCUT2D eigenvalue weighted by Crippen LogP contribution is -2.20. The molecule has 0 saturated heterocycles. The number of carbonyl (C=O) groups is 2. The van der Waals surface area contributed by atoms with Crippen molar-refractivity contribution in [2.24, 2.45) is 5.92 Å². The highest BCUT2D eigenvalue weighted by Gasteiger charge is 2.21. The Morgan fingerprint density at radius 3 is 2.50 bits per heavy atom. The third-order valence-electron chi connectivity index (χ3n) is 2.14. The van der Waals surface area contributed by atoms with E-state index in [9.17, 15) is 14.0 Å². The Bertz CT molecular complexity index is 403. The normalized spacial score (nSPS) is 12.1. The molecule has 0 amide bonds. The van der Waals surface area contributed by atoms with Crippen LogP contribution in [0, 0.1) is 11.7 Å². The van der Waals surface area contributed by atoms with Gasteiger partial charge in [-0.05, 0) is 24.1 Å². The molecule has 4 nitrogen and oxygen atoms in total. The molecule has 0 spiro atoms. The summed E-state index contributed by atoms with van der Waals surface area (Å²) in [4.78, 5) is 21.2. The quantitative estimate of drug-likeness (QED) is 0.798. The molecule has 0 radical (unpaired) electrons. The molecule has 0 unspecified atom stereocenters. The molecule has 0 bridgehead atoms. The molecular formula is C11H11FO4. The molecule has 0 aliphatic heterocycles. The SMILES string of the molecule is O=C(O)C[C@@H](Cc1cccc(F)c1)C(=O)O. The third kappa shape index (κ3) is 3.68. The predicted octanol–water partition coefficient (Wildman–Crippen LogP) is 1.54. The minimum atomic E-state index is -1.19. The maximum absolute atomic E-state index is 12.8. The Kier molecular flexibility index (Phi) is 3.99. The number of hydrogen-bond donors (Lipinski definition) is 2. The van der Waals surface area contributed by atoms with Gasteiger partial charge in [0.2, 0.25) is 0 Å². The van der Waals surface area contributed by atoms with Gasteiger partial charge in [0.05, 0.1) is 12.3 Å². The van der Waals surface area contributed by atoms with E-state index < -0.39 is 30.1 Å². The van der Waals surface area contributed by atoms with Crippen LogP contribution < -0.4 is 0 Å². The van der Waals surface area contributed by atoms with Crippen molar-refractivity contribution in [3.05, 3.63) is 35.6 Å². The van der Waals surface area contributed by atoms with Gasteiger partial charge in [0.25, 0.3) is 0 Å². The maximum atomic E-state index is 12.8. The first-order valence-corrected chi connectivity index (χ1v) is 4.68. The molecule has 5 heteroatoms. The molecule has 1 aromatic carbocycles. The van der Waals surface area contributed by atoms with Crippen LogP contribution in [0.3, 0.4) is 0 Å². The van der Waals surface area contributed by atoms with E-state index in [2.05, 4.69) is 0 Å². The molecule has 0 saturated carbocycles. The van der Waals surface area contributed by atoms with Gasteiger partial charge in [0.1, 0.15) is 5.82 Å². The van der Waals surface area contributed by atoms with Crippen molar-refractivity contribution >= 4 is 11.9 Å². The first-order valence-electron chi connectivity index (χ1n) is 4.68. The van der Waals surface area contributed by atoms with E-state index in [1.165, 1.54) is 18.2 Å². The van der Waals surface area contributed by atoms with Crippen molar-refractivity contribution in [1.29, 1.82) is 0 Å². The largest absolute Gasteiger partial charge is 0.481 e. The molecule has 86 valence electrons. The van der Waals surface area contributed by atoms with Gasteiger partial charge in [-0.15, -0.1) is 0 Å². The van der Waals surface area contributed by atoms with E-state index in [-0.39, 0.29) is 6.42 Å². The molecule has 1 rings (SSSR count). The molecule has 2 N–H and O–H groups in total. The van der Waals surface area contributed by atoms with E-state index >= 15 is 0 Å². The number of rotatable bonds is 5. The van der Waals surface area contributed by atoms with Crippen LogP contribution in [0.15, 0.2) is 24.3 Å². The fraction of sp³-hybridized carbons (Fsp3) is 0.273. The summed E-state index contributed by atoms with van der Waals surface area (Å²) in [5.41, 5.74) is 0.480.